The molecule has 0 amide bonds. The molecule has 0 atom stereocenters. The summed E-state index contributed by atoms with van der Waals surface area (Å²) in [5.41, 5.74) is 18.6. The van der Waals surface area contributed by atoms with Crippen molar-refractivity contribution in [2.75, 3.05) is 0 Å². The van der Waals surface area contributed by atoms with Gasteiger partial charge in [-0.3, -0.25) is 9.55 Å². The molecule has 0 unspecified atom stereocenters. The topological polar surface area (TPSA) is 55.9 Å². The molecule has 3 aromatic heterocycles. The van der Waals surface area contributed by atoms with Gasteiger partial charge in [0.1, 0.15) is 11.6 Å². The Morgan fingerprint density at radius 3 is 1.68 bits per heavy atom. The summed E-state index contributed by atoms with van der Waals surface area (Å²) in [7, 11) is 0. The third-order valence-electron chi connectivity index (χ3n) is 15.7. The SMILES string of the molecule is CC(C)(C)c1cc(-c2cc(-c3ccc4c5ccccc5n(-c5cc(C(C)(C)C)cc6ccc(C(C)(C)C)cc56)c4c3)ccn2)[c-]c(-c2cccc3c2nc(-c2ccccc2O)n3-c2cc(C(C)(C)C)cc(C(C)(C)C)c2)c1.[Pt]. The Kier molecular flexibility index (Phi) is 13.5. The van der Waals surface area contributed by atoms with E-state index in [1.54, 1.807) is 6.07 Å². The minimum Gasteiger partial charge on any atom is -0.507 e. The number of phenolic OH excluding ortho intramolecular Hbond substituents is 1. The summed E-state index contributed by atoms with van der Waals surface area (Å²) in [6.45, 7) is 34.2. The van der Waals surface area contributed by atoms with Crippen LogP contribution in [-0.4, -0.2) is 24.2 Å². The van der Waals surface area contributed by atoms with Gasteiger partial charge >= 0.3 is 0 Å². The standard InChI is InChI=1S/C72H73N4O.Pt/c1-68(2,3)49-29-27-46-34-51(70(7,8)9)43-64(59(46)42-49)76-61-24-18-16-21-56(61)57-30-28-44(38-63(57)76)45-31-32-73-60(37-45)48-33-47(35-50(36-48)69(4,5)6)55-23-20-25-62-66(55)74-67(58-22-17-19-26-65(58)77)75(62)54-40-52(71(10,11)12)39-53(41-54)72(13,14)15;/h16-32,34-43,77H,1-15H3;/q-1;. The zero-order chi connectivity index (χ0) is 54.7. The Labute approximate surface area is 476 Å². The quantitative estimate of drug-likeness (QED) is 0.169. The van der Waals surface area contributed by atoms with Crippen LogP contribution in [0, 0.1) is 6.07 Å². The Morgan fingerprint density at radius 2 is 1.00 bits per heavy atom. The van der Waals surface area contributed by atoms with E-state index in [9.17, 15) is 5.11 Å². The molecule has 0 saturated heterocycles. The first-order chi connectivity index (χ1) is 36.2. The van der Waals surface area contributed by atoms with Crippen molar-refractivity contribution in [1.82, 2.24) is 19.1 Å². The third-order valence-corrected chi connectivity index (χ3v) is 15.7. The van der Waals surface area contributed by atoms with E-state index in [-0.39, 0.29) is 53.9 Å². The summed E-state index contributed by atoms with van der Waals surface area (Å²) < 4.78 is 4.74. The molecular formula is C72H73N4OPt-. The molecule has 398 valence electrons. The molecular weight excluding hydrogens is 1130 g/mol. The predicted molar refractivity (Wildman–Crippen MR) is 326 cm³/mol. The van der Waals surface area contributed by atoms with Crippen LogP contribution in [0.15, 0.2) is 164 Å². The Morgan fingerprint density at radius 1 is 0.423 bits per heavy atom. The smallest absolute Gasteiger partial charge is 0.148 e. The summed E-state index contributed by atoms with van der Waals surface area (Å²) in [6.07, 6.45) is 1.94. The van der Waals surface area contributed by atoms with Gasteiger partial charge in [0, 0.05) is 54.8 Å². The first-order valence-corrected chi connectivity index (χ1v) is 27.4. The molecule has 0 aliphatic heterocycles. The van der Waals surface area contributed by atoms with E-state index in [4.69, 9.17) is 9.97 Å². The van der Waals surface area contributed by atoms with E-state index in [0.717, 1.165) is 55.7 Å². The van der Waals surface area contributed by atoms with Crippen LogP contribution in [0.5, 0.6) is 5.75 Å². The summed E-state index contributed by atoms with van der Waals surface area (Å²) in [4.78, 5) is 10.6. The molecule has 8 aromatic carbocycles. The van der Waals surface area contributed by atoms with Gasteiger partial charge in [-0.15, -0.1) is 29.3 Å². The number of hydrogen-bond donors (Lipinski definition) is 1. The summed E-state index contributed by atoms with van der Waals surface area (Å²) in [5.74, 6) is 0.862. The van der Waals surface area contributed by atoms with Crippen molar-refractivity contribution in [3.05, 3.63) is 198 Å². The summed E-state index contributed by atoms with van der Waals surface area (Å²) in [5, 5.41) is 16.4. The van der Waals surface area contributed by atoms with Gasteiger partial charge < -0.3 is 9.67 Å². The number of hydrogen-bond acceptors (Lipinski definition) is 3. The van der Waals surface area contributed by atoms with Crippen LogP contribution >= 0.6 is 0 Å². The van der Waals surface area contributed by atoms with Crippen molar-refractivity contribution in [3.63, 3.8) is 0 Å². The molecule has 5 nitrogen and oxygen atoms in total. The van der Waals surface area contributed by atoms with Crippen LogP contribution in [0.3, 0.4) is 0 Å². The van der Waals surface area contributed by atoms with Crippen LogP contribution in [-0.2, 0) is 48.1 Å². The number of pyridine rings is 1. The first kappa shape index (κ1) is 54.3. The van der Waals surface area contributed by atoms with Gasteiger partial charge in [0.25, 0.3) is 0 Å². The molecule has 0 aliphatic carbocycles. The second kappa shape index (κ2) is 19.4. The number of para-hydroxylation sites is 3. The van der Waals surface area contributed by atoms with Crippen molar-refractivity contribution in [1.29, 1.82) is 0 Å². The van der Waals surface area contributed by atoms with Crippen molar-refractivity contribution >= 4 is 43.6 Å². The van der Waals surface area contributed by atoms with Crippen LogP contribution < -0.4 is 0 Å². The Balaban J connectivity index is 0.00000688. The van der Waals surface area contributed by atoms with Crippen LogP contribution in [0.4, 0.5) is 0 Å². The Hall–Kier alpha value is -7.07. The predicted octanol–water partition coefficient (Wildman–Crippen LogP) is 19.3. The zero-order valence-electron chi connectivity index (χ0n) is 48.1. The van der Waals surface area contributed by atoms with Crippen LogP contribution in [0.25, 0.3) is 99.9 Å². The fourth-order valence-corrected chi connectivity index (χ4v) is 10.9. The molecule has 0 spiro atoms. The van der Waals surface area contributed by atoms with Crippen molar-refractivity contribution in [2.45, 2.75) is 131 Å². The van der Waals surface area contributed by atoms with E-state index in [2.05, 4.69) is 253 Å². The molecule has 3 heterocycles. The van der Waals surface area contributed by atoms with Crippen LogP contribution in [0.1, 0.15) is 132 Å². The molecule has 0 aliphatic rings. The van der Waals surface area contributed by atoms with Crippen molar-refractivity contribution in [3.8, 4) is 62.0 Å². The number of nitrogens with zero attached hydrogens (tertiary/aromatic N) is 4. The van der Waals surface area contributed by atoms with Crippen LogP contribution in [0.2, 0.25) is 0 Å². The minimum absolute atomic E-state index is 0. The fourth-order valence-electron chi connectivity index (χ4n) is 10.9. The maximum absolute atomic E-state index is 11.5. The maximum Gasteiger partial charge on any atom is 0.148 e. The number of fused-ring (bicyclic) bond motifs is 5. The molecule has 0 radical (unpaired) electrons. The number of aromatic hydroxyl groups is 1. The van der Waals surface area contributed by atoms with Crippen molar-refractivity contribution in [2.24, 2.45) is 0 Å². The second-order valence-electron chi connectivity index (χ2n) is 26.6. The summed E-state index contributed by atoms with van der Waals surface area (Å²) in [6, 6.07) is 61.3. The normalized spacial score (nSPS) is 12.8. The summed E-state index contributed by atoms with van der Waals surface area (Å²) >= 11 is 0. The van der Waals surface area contributed by atoms with Gasteiger partial charge in [-0.05, 0) is 127 Å². The number of rotatable bonds is 6. The monoisotopic (exact) mass is 1200 g/mol. The molecule has 1 N–H and O–H groups in total. The Bertz CT molecular complexity index is 4100. The largest absolute Gasteiger partial charge is 0.507 e. The van der Waals surface area contributed by atoms with Gasteiger partial charge in [0.15, 0.2) is 0 Å². The van der Waals surface area contributed by atoms with E-state index >= 15 is 0 Å². The minimum atomic E-state index is -0.193. The fraction of sp³-hybridized carbons (Fsp3) is 0.278. The molecule has 0 saturated carbocycles. The molecule has 78 heavy (non-hydrogen) atoms. The average Bonchev–Trinajstić information content (AvgIpc) is 4.08. The molecule has 11 aromatic rings. The molecule has 11 rings (SSSR count). The second-order valence-corrected chi connectivity index (χ2v) is 26.6. The van der Waals surface area contributed by atoms with Crippen molar-refractivity contribution < 1.29 is 26.2 Å². The number of imidazole rings is 1. The zero-order valence-corrected chi connectivity index (χ0v) is 50.4. The van der Waals surface area contributed by atoms with E-state index in [1.807, 2.05) is 24.4 Å². The van der Waals surface area contributed by atoms with E-state index in [1.165, 1.54) is 60.6 Å². The van der Waals surface area contributed by atoms with E-state index in [0.29, 0.717) is 11.4 Å². The van der Waals surface area contributed by atoms with E-state index < -0.39 is 0 Å². The first-order valence-electron chi connectivity index (χ1n) is 27.4. The number of phenols is 1. The molecule has 6 heteroatoms. The van der Waals surface area contributed by atoms with Gasteiger partial charge in [-0.2, -0.15) is 0 Å². The third kappa shape index (κ3) is 9.93. The number of benzene rings is 8. The number of aromatic nitrogens is 4. The van der Waals surface area contributed by atoms with Gasteiger partial charge in [0.2, 0.25) is 0 Å². The molecule has 0 bridgehead atoms. The molecule has 0 fully saturated rings. The average molecular weight is 1210 g/mol. The maximum atomic E-state index is 11.5. The van der Waals surface area contributed by atoms with Gasteiger partial charge in [0.05, 0.1) is 33.3 Å². The van der Waals surface area contributed by atoms with Gasteiger partial charge in [-0.25, -0.2) is 4.98 Å². The van der Waals surface area contributed by atoms with Gasteiger partial charge in [-0.1, -0.05) is 200 Å².